The molecule has 0 aliphatic rings. The van der Waals surface area contributed by atoms with Crippen molar-refractivity contribution in [1.29, 1.82) is 0 Å². The molecule has 0 atom stereocenters. The van der Waals surface area contributed by atoms with Crippen molar-refractivity contribution >= 4 is 23.3 Å². The van der Waals surface area contributed by atoms with Crippen LogP contribution in [0.15, 0.2) is 42.5 Å². The molecular formula is C17H17NO3. The molecule has 0 spiro atoms. The van der Waals surface area contributed by atoms with Gasteiger partial charge in [-0.1, -0.05) is 35.9 Å². The fourth-order valence-electron chi connectivity index (χ4n) is 2.55. The van der Waals surface area contributed by atoms with Gasteiger partial charge >= 0.3 is 11.9 Å². The van der Waals surface area contributed by atoms with Crippen LogP contribution in [0.2, 0.25) is 0 Å². The number of anilines is 2. The van der Waals surface area contributed by atoms with E-state index in [0.717, 1.165) is 16.7 Å². The van der Waals surface area contributed by atoms with Crippen molar-refractivity contribution in [2.75, 3.05) is 4.90 Å². The summed E-state index contributed by atoms with van der Waals surface area (Å²) in [6.07, 6.45) is 0. The zero-order chi connectivity index (χ0) is 15.6. The Labute approximate surface area is 123 Å². The van der Waals surface area contributed by atoms with Gasteiger partial charge in [-0.25, -0.2) is 4.79 Å². The van der Waals surface area contributed by atoms with Crippen LogP contribution in [-0.2, 0) is 9.59 Å². The zero-order valence-corrected chi connectivity index (χ0v) is 12.3. The first kappa shape index (κ1) is 14.8. The van der Waals surface area contributed by atoms with Gasteiger partial charge in [0.2, 0.25) is 0 Å². The minimum Gasteiger partial charge on any atom is -0.474 e. The van der Waals surface area contributed by atoms with Crippen LogP contribution in [0.3, 0.4) is 0 Å². The SMILES string of the molecule is Cc1cc(C)c(N(C(=O)C(=O)O)c2ccccc2)c(C)c1. The lowest BCUT2D eigenvalue weighted by Crippen LogP contribution is -2.33. The third-order valence-corrected chi connectivity index (χ3v) is 3.26. The minimum atomic E-state index is -1.47. The van der Waals surface area contributed by atoms with Gasteiger partial charge in [0.1, 0.15) is 0 Å². The maximum Gasteiger partial charge on any atom is 0.395 e. The second-order valence-corrected chi connectivity index (χ2v) is 5.03. The van der Waals surface area contributed by atoms with Gasteiger partial charge in [0, 0.05) is 5.69 Å². The van der Waals surface area contributed by atoms with Crippen molar-refractivity contribution in [2.45, 2.75) is 20.8 Å². The smallest absolute Gasteiger partial charge is 0.395 e. The highest BCUT2D eigenvalue weighted by Crippen LogP contribution is 2.32. The monoisotopic (exact) mass is 283 g/mol. The van der Waals surface area contributed by atoms with Crippen molar-refractivity contribution in [3.05, 3.63) is 59.2 Å². The number of carboxylic acids is 1. The molecule has 1 N–H and O–H groups in total. The molecule has 0 radical (unpaired) electrons. The number of hydrogen-bond acceptors (Lipinski definition) is 2. The van der Waals surface area contributed by atoms with Gasteiger partial charge in [-0.05, 0) is 44.0 Å². The Bertz CT molecular complexity index is 669. The third-order valence-electron chi connectivity index (χ3n) is 3.26. The summed E-state index contributed by atoms with van der Waals surface area (Å²) in [6, 6.07) is 12.7. The van der Waals surface area contributed by atoms with Crippen LogP contribution in [0.4, 0.5) is 11.4 Å². The molecule has 2 aromatic rings. The molecule has 1 amide bonds. The van der Waals surface area contributed by atoms with E-state index < -0.39 is 11.9 Å². The van der Waals surface area contributed by atoms with E-state index >= 15 is 0 Å². The second kappa shape index (κ2) is 5.79. The number of carbonyl (C=O) groups excluding carboxylic acids is 1. The van der Waals surface area contributed by atoms with Crippen LogP contribution in [0.25, 0.3) is 0 Å². The molecule has 0 unspecified atom stereocenters. The molecule has 4 heteroatoms. The number of aryl methyl sites for hydroxylation is 3. The molecule has 2 rings (SSSR count). The fraction of sp³-hybridized carbons (Fsp3) is 0.176. The largest absolute Gasteiger partial charge is 0.474 e. The van der Waals surface area contributed by atoms with E-state index in [0.29, 0.717) is 11.4 Å². The number of aliphatic carboxylic acids is 1. The van der Waals surface area contributed by atoms with Crippen molar-refractivity contribution in [1.82, 2.24) is 0 Å². The van der Waals surface area contributed by atoms with Crippen LogP contribution < -0.4 is 4.90 Å². The maximum absolute atomic E-state index is 12.2. The Balaban J connectivity index is 2.67. The lowest BCUT2D eigenvalue weighted by atomic mass is 10.0. The highest BCUT2D eigenvalue weighted by atomic mass is 16.4. The third kappa shape index (κ3) is 2.94. The summed E-state index contributed by atoms with van der Waals surface area (Å²) in [5, 5.41) is 9.12. The molecule has 0 saturated heterocycles. The van der Waals surface area contributed by atoms with Gasteiger partial charge in [-0.2, -0.15) is 0 Å². The van der Waals surface area contributed by atoms with E-state index in [1.165, 1.54) is 4.90 Å². The Hall–Kier alpha value is -2.62. The van der Waals surface area contributed by atoms with Gasteiger partial charge in [0.15, 0.2) is 0 Å². The van der Waals surface area contributed by atoms with E-state index in [4.69, 9.17) is 5.11 Å². The fourth-order valence-corrected chi connectivity index (χ4v) is 2.55. The molecule has 0 saturated carbocycles. The summed E-state index contributed by atoms with van der Waals surface area (Å²) in [4.78, 5) is 24.6. The molecule has 2 aromatic carbocycles. The van der Waals surface area contributed by atoms with Crippen molar-refractivity contribution in [3.8, 4) is 0 Å². The highest BCUT2D eigenvalue weighted by molar-refractivity contribution is 6.39. The van der Waals surface area contributed by atoms with E-state index in [1.54, 1.807) is 24.3 Å². The molecule has 0 aliphatic heterocycles. The quantitative estimate of drug-likeness (QED) is 0.860. The summed E-state index contributed by atoms with van der Waals surface area (Å²) in [5.74, 6) is -2.44. The Kier molecular flexibility index (Phi) is 4.08. The first-order valence-corrected chi connectivity index (χ1v) is 6.62. The second-order valence-electron chi connectivity index (χ2n) is 5.03. The Morgan fingerprint density at radius 1 is 0.952 bits per heavy atom. The summed E-state index contributed by atoms with van der Waals surface area (Å²) in [7, 11) is 0. The average Bonchev–Trinajstić information content (AvgIpc) is 2.42. The van der Waals surface area contributed by atoms with Crippen molar-refractivity contribution in [3.63, 3.8) is 0 Å². The number of carboxylic acid groups (broad SMARTS) is 1. The predicted molar refractivity (Wildman–Crippen MR) is 81.9 cm³/mol. The minimum absolute atomic E-state index is 0.542. The molecule has 0 aliphatic carbocycles. The van der Waals surface area contributed by atoms with E-state index in [2.05, 4.69) is 0 Å². The molecule has 0 bridgehead atoms. The summed E-state index contributed by atoms with van der Waals surface area (Å²) in [6.45, 7) is 5.72. The Morgan fingerprint density at radius 2 is 1.48 bits per heavy atom. The van der Waals surface area contributed by atoms with Gasteiger partial charge in [-0.3, -0.25) is 9.69 Å². The molecular weight excluding hydrogens is 266 g/mol. The van der Waals surface area contributed by atoms with Crippen LogP contribution in [0.1, 0.15) is 16.7 Å². The van der Waals surface area contributed by atoms with Gasteiger partial charge in [0.05, 0.1) is 5.69 Å². The lowest BCUT2D eigenvalue weighted by molar-refractivity contribution is -0.148. The van der Waals surface area contributed by atoms with E-state index in [-0.39, 0.29) is 0 Å². The van der Waals surface area contributed by atoms with Crippen LogP contribution in [0.5, 0.6) is 0 Å². The summed E-state index contributed by atoms with van der Waals surface area (Å²) >= 11 is 0. The van der Waals surface area contributed by atoms with Crippen molar-refractivity contribution in [2.24, 2.45) is 0 Å². The Morgan fingerprint density at radius 3 is 1.95 bits per heavy atom. The molecule has 0 aromatic heterocycles. The summed E-state index contributed by atoms with van der Waals surface area (Å²) < 4.78 is 0. The van der Waals surface area contributed by atoms with Gasteiger partial charge in [0.25, 0.3) is 0 Å². The predicted octanol–water partition coefficient (Wildman–Crippen LogP) is 3.36. The standard InChI is InChI=1S/C17H17NO3/c1-11-9-12(2)15(13(3)10-11)18(16(19)17(20)21)14-7-5-4-6-8-14/h4-10H,1-3H3,(H,20,21). The highest BCUT2D eigenvalue weighted by Gasteiger charge is 2.26. The number of nitrogens with zero attached hydrogens (tertiary/aromatic N) is 1. The number of hydrogen-bond donors (Lipinski definition) is 1. The molecule has 108 valence electrons. The molecule has 21 heavy (non-hydrogen) atoms. The number of amides is 1. The lowest BCUT2D eigenvalue weighted by Gasteiger charge is -2.25. The van der Waals surface area contributed by atoms with Crippen LogP contribution in [0, 0.1) is 20.8 Å². The normalized spacial score (nSPS) is 10.2. The van der Waals surface area contributed by atoms with E-state index in [9.17, 15) is 9.59 Å². The first-order chi connectivity index (χ1) is 9.91. The van der Waals surface area contributed by atoms with Gasteiger partial charge in [-0.15, -0.1) is 0 Å². The first-order valence-electron chi connectivity index (χ1n) is 6.62. The van der Waals surface area contributed by atoms with Crippen LogP contribution >= 0.6 is 0 Å². The molecule has 0 fully saturated rings. The zero-order valence-electron chi connectivity index (χ0n) is 12.3. The molecule has 0 heterocycles. The van der Waals surface area contributed by atoms with Crippen molar-refractivity contribution < 1.29 is 14.7 Å². The van der Waals surface area contributed by atoms with E-state index in [1.807, 2.05) is 39.0 Å². The summed E-state index contributed by atoms with van der Waals surface area (Å²) in [5.41, 5.74) is 3.97. The van der Waals surface area contributed by atoms with Gasteiger partial charge < -0.3 is 5.11 Å². The average molecular weight is 283 g/mol. The maximum atomic E-state index is 12.2. The number of para-hydroxylation sites is 1. The number of rotatable bonds is 2. The number of benzene rings is 2. The molecule has 4 nitrogen and oxygen atoms in total. The number of carbonyl (C=O) groups is 2. The topological polar surface area (TPSA) is 57.6 Å². The van der Waals surface area contributed by atoms with Crippen LogP contribution in [-0.4, -0.2) is 17.0 Å².